The Labute approximate surface area is 93.5 Å². The van der Waals surface area contributed by atoms with Crippen molar-refractivity contribution in [2.45, 2.75) is 46.5 Å². The molecule has 1 unspecified atom stereocenters. The van der Waals surface area contributed by atoms with Gasteiger partial charge in [-0.2, -0.15) is 0 Å². The van der Waals surface area contributed by atoms with Crippen LogP contribution < -0.4 is 0 Å². The van der Waals surface area contributed by atoms with Crippen LogP contribution in [0.2, 0.25) is 0 Å². The number of rotatable bonds is 9. The van der Waals surface area contributed by atoms with Gasteiger partial charge in [0, 0.05) is 13.0 Å². The minimum Gasteiger partial charge on any atom is -0.481 e. The molecular weight excluding hydrogens is 190 g/mol. The van der Waals surface area contributed by atoms with E-state index in [-0.39, 0.29) is 0 Å². The molecule has 0 fully saturated rings. The summed E-state index contributed by atoms with van der Waals surface area (Å²) in [5.41, 5.74) is 0. The summed E-state index contributed by atoms with van der Waals surface area (Å²) in [6, 6.07) is 0. The summed E-state index contributed by atoms with van der Waals surface area (Å²) in [4.78, 5) is 12.7. The van der Waals surface area contributed by atoms with Crippen LogP contribution in [0.1, 0.15) is 46.5 Å². The zero-order chi connectivity index (χ0) is 11.7. The van der Waals surface area contributed by atoms with Crippen molar-refractivity contribution in [2.24, 2.45) is 5.92 Å². The van der Waals surface area contributed by atoms with Gasteiger partial charge in [0.05, 0.1) is 0 Å². The Hall–Kier alpha value is -0.570. The fourth-order valence-electron chi connectivity index (χ4n) is 1.56. The van der Waals surface area contributed by atoms with Gasteiger partial charge in [-0.25, -0.2) is 0 Å². The van der Waals surface area contributed by atoms with E-state index in [9.17, 15) is 4.79 Å². The molecule has 15 heavy (non-hydrogen) atoms. The van der Waals surface area contributed by atoms with E-state index in [1.807, 2.05) is 0 Å². The molecule has 0 aliphatic carbocycles. The Kier molecular flexibility index (Phi) is 8.38. The van der Waals surface area contributed by atoms with Gasteiger partial charge in [0.1, 0.15) is 0 Å². The summed E-state index contributed by atoms with van der Waals surface area (Å²) in [5.74, 6) is 0.0596. The fourth-order valence-corrected chi connectivity index (χ4v) is 1.56. The molecule has 0 bridgehead atoms. The number of carboxylic acid groups (broad SMARTS) is 1. The zero-order valence-electron chi connectivity index (χ0n) is 10.3. The third-order valence-corrected chi connectivity index (χ3v) is 2.83. The topological polar surface area (TPSA) is 40.5 Å². The number of unbranched alkanes of at least 4 members (excludes halogenated alkanes) is 1. The second kappa shape index (κ2) is 8.72. The summed E-state index contributed by atoms with van der Waals surface area (Å²) in [6.45, 7) is 9.88. The molecule has 0 aliphatic rings. The van der Waals surface area contributed by atoms with Crippen molar-refractivity contribution in [1.82, 2.24) is 4.90 Å². The molecule has 0 amide bonds. The van der Waals surface area contributed by atoms with Crippen LogP contribution in [-0.2, 0) is 4.79 Å². The predicted octanol–water partition coefficient (Wildman–Crippen LogP) is 2.61. The van der Waals surface area contributed by atoms with E-state index in [1.54, 1.807) is 0 Å². The molecule has 0 heterocycles. The molecule has 0 aromatic carbocycles. The maximum absolute atomic E-state index is 10.3. The lowest BCUT2D eigenvalue weighted by Crippen LogP contribution is -2.29. The number of aliphatic carboxylic acids is 1. The quantitative estimate of drug-likeness (QED) is 0.601. The number of hydrogen-bond acceptors (Lipinski definition) is 2. The highest BCUT2D eigenvalue weighted by molar-refractivity contribution is 5.66. The first-order valence-electron chi connectivity index (χ1n) is 6.04. The Morgan fingerprint density at radius 1 is 1.33 bits per heavy atom. The van der Waals surface area contributed by atoms with Gasteiger partial charge >= 0.3 is 5.97 Å². The van der Waals surface area contributed by atoms with Crippen LogP contribution in [0.3, 0.4) is 0 Å². The van der Waals surface area contributed by atoms with Crippen molar-refractivity contribution in [3.63, 3.8) is 0 Å². The fraction of sp³-hybridized carbons (Fsp3) is 0.917. The lowest BCUT2D eigenvalue weighted by molar-refractivity contribution is -0.137. The Morgan fingerprint density at radius 2 is 2.00 bits per heavy atom. The molecule has 0 saturated carbocycles. The SMILES string of the molecule is CCC(C)CN(CC)CCCCC(=O)O. The smallest absolute Gasteiger partial charge is 0.303 e. The van der Waals surface area contributed by atoms with E-state index in [2.05, 4.69) is 25.7 Å². The first-order chi connectivity index (χ1) is 7.10. The average Bonchev–Trinajstić information content (AvgIpc) is 2.21. The largest absolute Gasteiger partial charge is 0.481 e. The van der Waals surface area contributed by atoms with Crippen LogP contribution in [0.5, 0.6) is 0 Å². The minimum absolute atomic E-state index is 0.306. The van der Waals surface area contributed by atoms with Gasteiger partial charge in [-0.05, 0) is 31.8 Å². The van der Waals surface area contributed by atoms with Crippen LogP contribution in [0.25, 0.3) is 0 Å². The molecule has 0 spiro atoms. The van der Waals surface area contributed by atoms with Crippen molar-refractivity contribution in [1.29, 1.82) is 0 Å². The second-order valence-corrected chi connectivity index (χ2v) is 4.26. The maximum Gasteiger partial charge on any atom is 0.303 e. The van der Waals surface area contributed by atoms with E-state index in [0.717, 1.165) is 38.4 Å². The van der Waals surface area contributed by atoms with Gasteiger partial charge in [-0.15, -0.1) is 0 Å². The molecule has 0 radical (unpaired) electrons. The lowest BCUT2D eigenvalue weighted by atomic mass is 10.1. The minimum atomic E-state index is -0.681. The number of carboxylic acids is 1. The molecule has 0 aliphatic heterocycles. The Bertz CT molecular complexity index is 171. The van der Waals surface area contributed by atoms with Gasteiger partial charge < -0.3 is 10.0 Å². The number of hydrogen-bond donors (Lipinski definition) is 1. The monoisotopic (exact) mass is 215 g/mol. The van der Waals surface area contributed by atoms with Gasteiger partial charge in [-0.3, -0.25) is 4.79 Å². The summed E-state index contributed by atoms with van der Waals surface area (Å²) in [5, 5.41) is 8.51. The predicted molar refractivity (Wildman–Crippen MR) is 63.1 cm³/mol. The molecule has 90 valence electrons. The first kappa shape index (κ1) is 14.4. The first-order valence-corrected chi connectivity index (χ1v) is 6.04. The van der Waals surface area contributed by atoms with Crippen molar-refractivity contribution in [3.8, 4) is 0 Å². The Balaban J connectivity index is 3.56. The third-order valence-electron chi connectivity index (χ3n) is 2.83. The standard InChI is InChI=1S/C12H25NO2/c1-4-11(3)10-13(5-2)9-7-6-8-12(14)15/h11H,4-10H2,1-3H3,(H,14,15). The van der Waals surface area contributed by atoms with Gasteiger partial charge in [0.25, 0.3) is 0 Å². The van der Waals surface area contributed by atoms with Crippen LogP contribution in [0.4, 0.5) is 0 Å². The molecule has 0 aromatic heterocycles. The van der Waals surface area contributed by atoms with Crippen LogP contribution in [-0.4, -0.2) is 35.6 Å². The van der Waals surface area contributed by atoms with Crippen LogP contribution in [0.15, 0.2) is 0 Å². The highest BCUT2D eigenvalue weighted by Gasteiger charge is 2.06. The molecule has 0 rings (SSSR count). The van der Waals surface area contributed by atoms with E-state index < -0.39 is 5.97 Å². The van der Waals surface area contributed by atoms with Gasteiger partial charge in [-0.1, -0.05) is 27.2 Å². The number of carbonyl (C=O) groups is 1. The highest BCUT2D eigenvalue weighted by Crippen LogP contribution is 2.06. The van der Waals surface area contributed by atoms with Gasteiger partial charge in [0.2, 0.25) is 0 Å². The van der Waals surface area contributed by atoms with Crippen molar-refractivity contribution in [2.75, 3.05) is 19.6 Å². The average molecular weight is 215 g/mol. The molecule has 0 saturated heterocycles. The van der Waals surface area contributed by atoms with E-state index in [4.69, 9.17) is 5.11 Å². The van der Waals surface area contributed by atoms with Crippen molar-refractivity contribution in [3.05, 3.63) is 0 Å². The molecule has 3 heteroatoms. The lowest BCUT2D eigenvalue weighted by Gasteiger charge is -2.23. The van der Waals surface area contributed by atoms with Crippen molar-refractivity contribution < 1.29 is 9.90 Å². The van der Waals surface area contributed by atoms with E-state index >= 15 is 0 Å². The molecular formula is C12H25NO2. The van der Waals surface area contributed by atoms with Crippen molar-refractivity contribution >= 4 is 5.97 Å². The highest BCUT2D eigenvalue weighted by atomic mass is 16.4. The third kappa shape index (κ3) is 8.43. The zero-order valence-corrected chi connectivity index (χ0v) is 10.3. The normalized spacial score (nSPS) is 13.1. The summed E-state index contributed by atoms with van der Waals surface area (Å²) >= 11 is 0. The van der Waals surface area contributed by atoms with Crippen LogP contribution in [0, 0.1) is 5.92 Å². The van der Waals surface area contributed by atoms with Crippen LogP contribution >= 0.6 is 0 Å². The number of nitrogens with zero attached hydrogens (tertiary/aromatic N) is 1. The second-order valence-electron chi connectivity index (χ2n) is 4.26. The Morgan fingerprint density at radius 3 is 2.47 bits per heavy atom. The maximum atomic E-state index is 10.3. The molecule has 1 N–H and O–H groups in total. The van der Waals surface area contributed by atoms with E-state index in [0.29, 0.717) is 6.42 Å². The summed E-state index contributed by atoms with van der Waals surface area (Å²) in [7, 11) is 0. The summed E-state index contributed by atoms with van der Waals surface area (Å²) < 4.78 is 0. The molecule has 1 atom stereocenters. The molecule has 0 aromatic rings. The molecule has 3 nitrogen and oxygen atoms in total. The van der Waals surface area contributed by atoms with Gasteiger partial charge in [0.15, 0.2) is 0 Å². The van der Waals surface area contributed by atoms with E-state index in [1.165, 1.54) is 6.42 Å². The summed E-state index contributed by atoms with van der Waals surface area (Å²) in [6.07, 6.45) is 3.31.